The van der Waals surface area contributed by atoms with Crippen LogP contribution in [0.4, 0.5) is 0 Å². The molecular weight excluding hydrogens is 196 g/mol. The van der Waals surface area contributed by atoms with Crippen LogP contribution in [0.3, 0.4) is 0 Å². The Labute approximate surface area is 90.9 Å². The van der Waals surface area contributed by atoms with Crippen molar-refractivity contribution in [2.75, 3.05) is 52.5 Å². The zero-order valence-electron chi connectivity index (χ0n) is 9.18. The van der Waals surface area contributed by atoms with Gasteiger partial charge in [0, 0.05) is 26.2 Å². The molecule has 5 nitrogen and oxygen atoms in total. The quantitative estimate of drug-likeness (QED) is 0.515. The van der Waals surface area contributed by atoms with E-state index in [2.05, 4.69) is 9.80 Å². The molecule has 0 amide bonds. The molecule has 0 bridgehead atoms. The van der Waals surface area contributed by atoms with Crippen molar-refractivity contribution in [2.45, 2.75) is 12.5 Å². The largest absolute Gasteiger partial charge is 0.395 e. The minimum Gasteiger partial charge on any atom is -0.395 e. The molecule has 1 aliphatic rings. The van der Waals surface area contributed by atoms with Crippen LogP contribution in [0.25, 0.3) is 0 Å². The summed E-state index contributed by atoms with van der Waals surface area (Å²) >= 11 is 0. The minimum absolute atomic E-state index is 0.170. The predicted molar refractivity (Wildman–Crippen MR) is 57.7 cm³/mol. The summed E-state index contributed by atoms with van der Waals surface area (Å²) in [5.74, 6) is 0. The Balaban J connectivity index is 2.26. The topological polar surface area (TPSA) is 67.2 Å². The van der Waals surface area contributed by atoms with E-state index in [-0.39, 0.29) is 13.2 Å². The molecule has 0 spiro atoms. The maximum atomic E-state index is 9.33. The smallest absolute Gasteiger partial charge is 0.0897 e. The van der Waals surface area contributed by atoms with Crippen LogP contribution in [0.15, 0.2) is 0 Å². The normalized spacial score (nSPS) is 22.6. The first-order valence-electron chi connectivity index (χ1n) is 5.60. The second-order valence-corrected chi connectivity index (χ2v) is 4.06. The lowest BCUT2D eigenvalue weighted by atomic mass is 10.3. The van der Waals surface area contributed by atoms with Crippen molar-refractivity contribution in [3.8, 4) is 0 Å². The van der Waals surface area contributed by atoms with Crippen molar-refractivity contribution < 1.29 is 15.3 Å². The molecular formula is C10H22N2O3. The lowest BCUT2D eigenvalue weighted by molar-refractivity contribution is 0.0600. The third-order valence-electron chi connectivity index (χ3n) is 2.78. The Hall–Kier alpha value is -0.200. The van der Waals surface area contributed by atoms with Gasteiger partial charge in [0.2, 0.25) is 0 Å². The lowest BCUT2D eigenvalue weighted by Gasteiger charge is -2.22. The summed E-state index contributed by atoms with van der Waals surface area (Å²) in [5.41, 5.74) is 0. The number of nitrogens with zero attached hydrogens (tertiary/aromatic N) is 2. The van der Waals surface area contributed by atoms with Crippen LogP contribution in [0.5, 0.6) is 0 Å². The molecule has 0 aromatic carbocycles. The average molecular weight is 218 g/mol. The molecule has 1 unspecified atom stereocenters. The van der Waals surface area contributed by atoms with E-state index in [9.17, 15) is 5.11 Å². The van der Waals surface area contributed by atoms with Gasteiger partial charge in [-0.15, -0.1) is 0 Å². The van der Waals surface area contributed by atoms with Crippen molar-refractivity contribution >= 4 is 0 Å². The molecule has 0 aromatic heterocycles. The number of hydrogen-bond donors (Lipinski definition) is 3. The van der Waals surface area contributed by atoms with Crippen LogP contribution in [0, 0.1) is 0 Å². The molecule has 1 fully saturated rings. The van der Waals surface area contributed by atoms with Gasteiger partial charge in [0.05, 0.1) is 19.3 Å². The first-order chi connectivity index (χ1) is 7.26. The minimum atomic E-state index is -0.630. The Morgan fingerprint density at radius 2 is 1.67 bits per heavy atom. The van der Waals surface area contributed by atoms with Gasteiger partial charge in [-0.05, 0) is 19.5 Å². The van der Waals surface area contributed by atoms with Gasteiger partial charge in [-0.3, -0.25) is 9.80 Å². The Morgan fingerprint density at radius 1 is 1.00 bits per heavy atom. The number of rotatable bonds is 5. The van der Waals surface area contributed by atoms with Gasteiger partial charge >= 0.3 is 0 Å². The summed E-state index contributed by atoms with van der Waals surface area (Å²) in [6.07, 6.45) is 0.424. The van der Waals surface area contributed by atoms with Gasteiger partial charge in [0.15, 0.2) is 0 Å². The van der Waals surface area contributed by atoms with Gasteiger partial charge in [0.25, 0.3) is 0 Å². The molecule has 5 heteroatoms. The van der Waals surface area contributed by atoms with Crippen LogP contribution in [-0.4, -0.2) is 83.7 Å². The second-order valence-electron chi connectivity index (χ2n) is 4.06. The van der Waals surface area contributed by atoms with Crippen molar-refractivity contribution in [2.24, 2.45) is 0 Å². The van der Waals surface area contributed by atoms with Crippen molar-refractivity contribution in [3.63, 3.8) is 0 Å². The van der Waals surface area contributed by atoms with E-state index in [1.807, 2.05) is 0 Å². The molecule has 90 valence electrons. The number of β-amino-alcohol motifs (C(OH)–C–C–N with tert-alkyl or cyclic N) is 2. The van der Waals surface area contributed by atoms with Gasteiger partial charge in [-0.25, -0.2) is 0 Å². The monoisotopic (exact) mass is 218 g/mol. The molecule has 0 saturated carbocycles. The predicted octanol–water partition coefficient (Wildman–Crippen LogP) is -1.66. The highest BCUT2D eigenvalue weighted by Gasteiger charge is 2.16. The van der Waals surface area contributed by atoms with Gasteiger partial charge in [-0.1, -0.05) is 0 Å². The number of hydrogen-bond acceptors (Lipinski definition) is 5. The average Bonchev–Trinajstić information content (AvgIpc) is 2.45. The highest BCUT2D eigenvalue weighted by atomic mass is 16.3. The summed E-state index contributed by atoms with van der Waals surface area (Å²) in [4.78, 5) is 4.39. The summed E-state index contributed by atoms with van der Waals surface area (Å²) < 4.78 is 0. The SMILES string of the molecule is OCCN1CCCN(CC(O)CO)CC1. The molecule has 15 heavy (non-hydrogen) atoms. The van der Waals surface area contributed by atoms with E-state index in [0.717, 1.165) is 39.1 Å². The van der Waals surface area contributed by atoms with Crippen molar-refractivity contribution in [1.29, 1.82) is 0 Å². The third kappa shape index (κ3) is 4.90. The first kappa shape index (κ1) is 12.9. The summed E-state index contributed by atoms with van der Waals surface area (Å²) in [5, 5.41) is 26.9. The van der Waals surface area contributed by atoms with Gasteiger partial charge in [-0.2, -0.15) is 0 Å². The fraction of sp³-hybridized carbons (Fsp3) is 1.00. The maximum absolute atomic E-state index is 9.33. The Morgan fingerprint density at radius 3 is 2.33 bits per heavy atom. The lowest BCUT2D eigenvalue weighted by Crippen LogP contribution is -2.37. The number of aliphatic hydroxyl groups is 3. The van der Waals surface area contributed by atoms with Gasteiger partial charge < -0.3 is 15.3 Å². The molecule has 0 radical (unpaired) electrons. The second kappa shape index (κ2) is 7.14. The molecule has 1 atom stereocenters. The van der Waals surface area contributed by atoms with E-state index in [4.69, 9.17) is 10.2 Å². The molecule has 3 N–H and O–H groups in total. The molecule has 1 rings (SSSR count). The van der Waals surface area contributed by atoms with Crippen LogP contribution in [0.1, 0.15) is 6.42 Å². The fourth-order valence-electron chi connectivity index (χ4n) is 1.93. The summed E-state index contributed by atoms with van der Waals surface area (Å²) in [6, 6.07) is 0. The van der Waals surface area contributed by atoms with Crippen molar-refractivity contribution in [1.82, 2.24) is 9.80 Å². The third-order valence-corrected chi connectivity index (χ3v) is 2.78. The van der Waals surface area contributed by atoms with E-state index in [0.29, 0.717) is 6.54 Å². The fourth-order valence-corrected chi connectivity index (χ4v) is 1.93. The van der Waals surface area contributed by atoms with Crippen LogP contribution >= 0.6 is 0 Å². The summed E-state index contributed by atoms with van der Waals surface area (Å²) in [7, 11) is 0. The van der Waals surface area contributed by atoms with E-state index >= 15 is 0 Å². The molecule has 1 heterocycles. The zero-order valence-corrected chi connectivity index (χ0v) is 9.18. The summed E-state index contributed by atoms with van der Waals surface area (Å²) in [6.45, 7) is 5.11. The highest BCUT2D eigenvalue weighted by molar-refractivity contribution is 4.71. The van der Waals surface area contributed by atoms with Crippen molar-refractivity contribution in [3.05, 3.63) is 0 Å². The molecule has 1 aliphatic heterocycles. The van der Waals surface area contributed by atoms with E-state index in [1.165, 1.54) is 0 Å². The highest BCUT2D eigenvalue weighted by Crippen LogP contribution is 2.03. The Kier molecular flexibility index (Phi) is 6.12. The van der Waals surface area contributed by atoms with E-state index in [1.54, 1.807) is 0 Å². The zero-order chi connectivity index (χ0) is 11.1. The van der Waals surface area contributed by atoms with Crippen LogP contribution in [-0.2, 0) is 0 Å². The first-order valence-corrected chi connectivity index (χ1v) is 5.60. The standard InChI is InChI=1S/C10H22N2O3/c13-7-6-11-2-1-3-12(5-4-11)8-10(15)9-14/h10,13-15H,1-9H2. The van der Waals surface area contributed by atoms with Gasteiger partial charge in [0.1, 0.15) is 0 Å². The van der Waals surface area contributed by atoms with E-state index < -0.39 is 6.10 Å². The molecule has 1 saturated heterocycles. The number of aliphatic hydroxyl groups excluding tert-OH is 3. The molecule has 0 aliphatic carbocycles. The molecule has 0 aromatic rings. The van der Waals surface area contributed by atoms with Crippen LogP contribution in [0.2, 0.25) is 0 Å². The van der Waals surface area contributed by atoms with Crippen LogP contribution < -0.4 is 0 Å². The maximum Gasteiger partial charge on any atom is 0.0897 e. The Bertz CT molecular complexity index is 169.